The molecule has 0 aromatic heterocycles. The van der Waals surface area contributed by atoms with Crippen molar-refractivity contribution in [2.24, 2.45) is 0 Å². The summed E-state index contributed by atoms with van der Waals surface area (Å²) in [6.07, 6.45) is 0. The molecule has 1 aromatic carbocycles. The summed E-state index contributed by atoms with van der Waals surface area (Å²) in [5, 5.41) is 0. The Labute approximate surface area is 115 Å². The van der Waals surface area contributed by atoms with E-state index in [2.05, 4.69) is 34.9 Å². The zero-order valence-electron chi connectivity index (χ0n) is 11.6. The van der Waals surface area contributed by atoms with E-state index in [0.29, 0.717) is 0 Å². The number of hydrogen-bond donors (Lipinski definition) is 0. The Morgan fingerprint density at radius 1 is 1.26 bits per heavy atom. The van der Waals surface area contributed by atoms with Gasteiger partial charge in [-0.1, -0.05) is 18.1 Å². The minimum absolute atomic E-state index is 0.180. The van der Waals surface area contributed by atoms with E-state index in [0.717, 1.165) is 38.3 Å². The molecule has 0 saturated carbocycles. The number of hydrogen-bond acceptors (Lipinski definition) is 2. The van der Waals surface area contributed by atoms with Gasteiger partial charge in [0.1, 0.15) is 0 Å². The van der Waals surface area contributed by atoms with Crippen molar-refractivity contribution in [1.29, 1.82) is 0 Å². The SMILES string of the molecule is CC#Cc1cccc(CN2CCN(C(C)=O)CC2)c1. The smallest absolute Gasteiger partial charge is 0.219 e. The van der Waals surface area contributed by atoms with Gasteiger partial charge in [-0.2, -0.15) is 0 Å². The summed E-state index contributed by atoms with van der Waals surface area (Å²) >= 11 is 0. The van der Waals surface area contributed by atoms with E-state index in [1.807, 2.05) is 17.9 Å². The van der Waals surface area contributed by atoms with Crippen molar-refractivity contribution in [2.75, 3.05) is 26.2 Å². The predicted molar refractivity (Wildman–Crippen MR) is 76.5 cm³/mol. The monoisotopic (exact) mass is 256 g/mol. The van der Waals surface area contributed by atoms with Crippen LogP contribution >= 0.6 is 0 Å². The molecule has 3 heteroatoms. The quantitative estimate of drug-likeness (QED) is 0.752. The first kappa shape index (κ1) is 13.6. The topological polar surface area (TPSA) is 23.6 Å². The van der Waals surface area contributed by atoms with Crippen LogP contribution in [0.4, 0.5) is 0 Å². The van der Waals surface area contributed by atoms with Crippen LogP contribution in [0.1, 0.15) is 25.0 Å². The number of nitrogens with zero attached hydrogens (tertiary/aromatic N) is 2. The third kappa shape index (κ3) is 3.84. The summed E-state index contributed by atoms with van der Waals surface area (Å²) in [5.41, 5.74) is 2.36. The van der Waals surface area contributed by atoms with Gasteiger partial charge in [-0.15, -0.1) is 5.92 Å². The molecular formula is C16H20N2O. The van der Waals surface area contributed by atoms with Crippen LogP contribution in [-0.2, 0) is 11.3 Å². The maximum atomic E-state index is 11.3. The average molecular weight is 256 g/mol. The van der Waals surface area contributed by atoms with Crippen molar-refractivity contribution in [1.82, 2.24) is 9.80 Å². The van der Waals surface area contributed by atoms with Crippen molar-refractivity contribution >= 4 is 5.91 Å². The van der Waals surface area contributed by atoms with Crippen LogP contribution in [-0.4, -0.2) is 41.9 Å². The maximum Gasteiger partial charge on any atom is 0.219 e. The van der Waals surface area contributed by atoms with E-state index < -0.39 is 0 Å². The summed E-state index contributed by atoms with van der Waals surface area (Å²) < 4.78 is 0. The van der Waals surface area contributed by atoms with Gasteiger partial charge in [0, 0.05) is 45.2 Å². The van der Waals surface area contributed by atoms with Gasteiger partial charge in [-0.05, 0) is 24.6 Å². The van der Waals surface area contributed by atoms with Crippen LogP contribution in [0.15, 0.2) is 24.3 Å². The summed E-state index contributed by atoms with van der Waals surface area (Å²) in [7, 11) is 0. The first-order valence-electron chi connectivity index (χ1n) is 6.68. The number of piperazine rings is 1. The molecule has 1 fully saturated rings. The summed E-state index contributed by atoms with van der Waals surface area (Å²) in [6.45, 7) is 8.00. The lowest BCUT2D eigenvalue weighted by atomic mass is 10.1. The van der Waals surface area contributed by atoms with Gasteiger partial charge in [0.05, 0.1) is 0 Å². The van der Waals surface area contributed by atoms with E-state index in [4.69, 9.17) is 0 Å². The van der Waals surface area contributed by atoms with Gasteiger partial charge < -0.3 is 4.90 Å². The Bertz CT molecular complexity index is 505. The van der Waals surface area contributed by atoms with Gasteiger partial charge in [0.15, 0.2) is 0 Å². The molecule has 1 aliphatic heterocycles. The van der Waals surface area contributed by atoms with Crippen LogP contribution in [0.2, 0.25) is 0 Å². The fourth-order valence-electron chi connectivity index (χ4n) is 2.37. The molecule has 0 aliphatic carbocycles. The lowest BCUT2D eigenvalue weighted by molar-refractivity contribution is -0.130. The Balaban J connectivity index is 1.93. The van der Waals surface area contributed by atoms with Crippen molar-refractivity contribution < 1.29 is 4.79 Å². The Kier molecular flexibility index (Phi) is 4.59. The second-order valence-corrected chi connectivity index (χ2v) is 4.86. The zero-order valence-corrected chi connectivity index (χ0v) is 11.6. The molecular weight excluding hydrogens is 236 g/mol. The summed E-state index contributed by atoms with van der Waals surface area (Å²) in [4.78, 5) is 15.6. The Hall–Kier alpha value is -1.79. The van der Waals surface area contributed by atoms with Crippen LogP contribution < -0.4 is 0 Å². The molecule has 100 valence electrons. The molecule has 0 N–H and O–H groups in total. The minimum Gasteiger partial charge on any atom is -0.340 e. The average Bonchev–Trinajstić information content (AvgIpc) is 2.40. The van der Waals surface area contributed by atoms with E-state index in [1.54, 1.807) is 6.92 Å². The second kappa shape index (κ2) is 6.40. The Morgan fingerprint density at radius 3 is 2.63 bits per heavy atom. The van der Waals surface area contributed by atoms with E-state index >= 15 is 0 Å². The van der Waals surface area contributed by atoms with Crippen molar-refractivity contribution in [3.05, 3.63) is 35.4 Å². The molecule has 3 nitrogen and oxygen atoms in total. The highest BCUT2D eigenvalue weighted by atomic mass is 16.2. The zero-order chi connectivity index (χ0) is 13.7. The Morgan fingerprint density at radius 2 is 2.00 bits per heavy atom. The fourth-order valence-corrected chi connectivity index (χ4v) is 2.37. The van der Waals surface area contributed by atoms with E-state index in [1.165, 1.54) is 5.56 Å². The van der Waals surface area contributed by atoms with Gasteiger partial charge in [0.2, 0.25) is 5.91 Å². The summed E-state index contributed by atoms with van der Waals surface area (Å²) in [5.74, 6) is 6.19. The molecule has 1 aliphatic rings. The molecule has 1 aromatic rings. The second-order valence-electron chi connectivity index (χ2n) is 4.86. The largest absolute Gasteiger partial charge is 0.340 e. The number of rotatable bonds is 2. The van der Waals surface area contributed by atoms with Gasteiger partial charge in [0.25, 0.3) is 0 Å². The third-order valence-electron chi connectivity index (χ3n) is 3.42. The highest BCUT2D eigenvalue weighted by Crippen LogP contribution is 2.10. The molecule has 1 saturated heterocycles. The number of carbonyl (C=O) groups excluding carboxylic acids is 1. The summed E-state index contributed by atoms with van der Waals surface area (Å²) in [6, 6.07) is 8.38. The molecule has 1 heterocycles. The molecule has 0 spiro atoms. The van der Waals surface area contributed by atoms with Crippen LogP contribution in [0.5, 0.6) is 0 Å². The molecule has 0 atom stereocenters. The lowest BCUT2D eigenvalue weighted by Gasteiger charge is -2.34. The molecule has 0 bridgehead atoms. The first-order chi connectivity index (χ1) is 9.19. The van der Waals surface area contributed by atoms with Crippen molar-refractivity contribution in [3.63, 3.8) is 0 Å². The number of benzene rings is 1. The highest BCUT2D eigenvalue weighted by molar-refractivity contribution is 5.73. The van der Waals surface area contributed by atoms with Gasteiger partial charge in [-0.25, -0.2) is 0 Å². The molecule has 0 radical (unpaired) electrons. The normalized spacial score (nSPS) is 15.8. The van der Waals surface area contributed by atoms with Crippen LogP contribution in [0, 0.1) is 11.8 Å². The molecule has 2 rings (SSSR count). The predicted octanol–water partition coefficient (Wildman–Crippen LogP) is 1.72. The third-order valence-corrected chi connectivity index (χ3v) is 3.42. The molecule has 1 amide bonds. The molecule has 0 unspecified atom stereocenters. The van der Waals surface area contributed by atoms with Crippen molar-refractivity contribution in [3.8, 4) is 11.8 Å². The van der Waals surface area contributed by atoms with Crippen molar-refractivity contribution in [2.45, 2.75) is 20.4 Å². The first-order valence-corrected chi connectivity index (χ1v) is 6.68. The molecule has 19 heavy (non-hydrogen) atoms. The van der Waals surface area contributed by atoms with Gasteiger partial charge >= 0.3 is 0 Å². The number of amides is 1. The highest BCUT2D eigenvalue weighted by Gasteiger charge is 2.18. The maximum absolute atomic E-state index is 11.3. The number of carbonyl (C=O) groups is 1. The fraction of sp³-hybridized carbons (Fsp3) is 0.438. The minimum atomic E-state index is 0.180. The van der Waals surface area contributed by atoms with E-state index in [9.17, 15) is 4.79 Å². The van der Waals surface area contributed by atoms with Crippen LogP contribution in [0.3, 0.4) is 0 Å². The van der Waals surface area contributed by atoms with E-state index in [-0.39, 0.29) is 5.91 Å². The van der Waals surface area contributed by atoms with Crippen LogP contribution in [0.25, 0.3) is 0 Å². The van der Waals surface area contributed by atoms with Gasteiger partial charge in [-0.3, -0.25) is 9.69 Å². The lowest BCUT2D eigenvalue weighted by Crippen LogP contribution is -2.47. The standard InChI is InChI=1S/C16H20N2O/c1-3-5-15-6-4-7-16(12-15)13-17-8-10-18(11-9-17)14(2)19/h4,6-7,12H,8-11,13H2,1-2H3.